The lowest BCUT2D eigenvalue weighted by molar-refractivity contribution is 0.572. The van der Waals surface area contributed by atoms with Gasteiger partial charge in [-0.2, -0.15) is 0 Å². The first-order valence-corrected chi connectivity index (χ1v) is 8.62. The zero-order valence-electron chi connectivity index (χ0n) is 11.2. The van der Waals surface area contributed by atoms with E-state index in [1.165, 1.54) is 0 Å². The average molecular weight is 269 g/mol. The van der Waals surface area contributed by atoms with Gasteiger partial charge in [0.15, 0.2) is 0 Å². The molecule has 1 aromatic carbocycles. The molecule has 97 valence electrons. The smallest absolute Gasteiger partial charge is 0.274 e. The van der Waals surface area contributed by atoms with Crippen molar-refractivity contribution in [1.82, 2.24) is 4.98 Å². The van der Waals surface area contributed by atoms with Crippen LogP contribution in [0.15, 0.2) is 53.8 Å². The maximum absolute atomic E-state index is 5.86. The number of aliphatic imine (C=N–C) groups is 1. The summed E-state index contributed by atoms with van der Waals surface area (Å²) in [7, 11) is -0.747. The molecule has 0 atom stereocenters. The molecule has 0 aliphatic heterocycles. The highest BCUT2D eigenvalue weighted by molar-refractivity contribution is 6.49. The van der Waals surface area contributed by atoms with Crippen molar-refractivity contribution >= 4 is 15.3 Å². The number of pyridine rings is 1. The molecule has 0 aliphatic rings. The van der Waals surface area contributed by atoms with Crippen molar-refractivity contribution < 1.29 is 4.43 Å². The van der Waals surface area contributed by atoms with Crippen LogP contribution in [-0.2, 0) is 6.54 Å². The highest BCUT2D eigenvalue weighted by atomic mass is 28.3. The molecule has 0 bridgehead atoms. The summed E-state index contributed by atoms with van der Waals surface area (Å²) < 4.78 is 5.86. The molecular weight excluding hydrogens is 252 g/mol. The van der Waals surface area contributed by atoms with E-state index >= 15 is 0 Å². The number of benzene rings is 1. The summed E-state index contributed by atoms with van der Waals surface area (Å²) in [6, 6.07) is 12.0. The maximum atomic E-state index is 5.86. The van der Waals surface area contributed by atoms with E-state index in [1.54, 1.807) is 12.4 Å². The minimum absolute atomic E-state index is 0.625. The number of nitrogens with zero attached hydrogens (tertiary/aromatic N) is 2. The fraction of sp³-hybridized carbons (Fsp3) is 0.200. The lowest BCUT2D eigenvalue weighted by Crippen LogP contribution is -2.12. The van der Waals surface area contributed by atoms with E-state index in [0.717, 1.165) is 16.9 Å². The van der Waals surface area contributed by atoms with Crippen LogP contribution in [0.3, 0.4) is 0 Å². The van der Waals surface area contributed by atoms with Crippen molar-refractivity contribution in [2.24, 2.45) is 4.99 Å². The zero-order valence-corrected chi connectivity index (χ0v) is 12.2. The highest BCUT2D eigenvalue weighted by Gasteiger charge is 2.05. The predicted octanol–water partition coefficient (Wildman–Crippen LogP) is 3.33. The van der Waals surface area contributed by atoms with Crippen molar-refractivity contribution in [3.8, 4) is 5.75 Å². The Morgan fingerprint density at radius 1 is 1.21 bits per heavy atom. The molecule has 2 aromatic rings. The molecule has 0 spiro atoms. The van der Waals surface area contributed by atoms with Gasteiger partial charge in [0.05, 0.1) is 6.54 Å². The molecule has 4 heteroatoms. The number of para-hydroxylation sites is 1. The van der Waals surface area contributed by atoms with Crippen molar-refractivity contribution in [2.45, 2.75) is 19.6 Å². The molecule has 0 saturated carbocycles. The van der Waals surface area contributed by atoms with E-state index in [-0.39, 0.29) is 0 Å². The molecule has 1 aromatic heterocycles. The Balaban J connectivity index is 2.05. The second-order valence-electron chi connectivity index (χ2n) is 4.37. The van der Waals surface area contributed by atoms with Gasteiger partial charge in [0, 0.05) is 29.7 Å². The van der Waals surface area contributed by atoms with Crippen LogP contribution < -0.4 is 4.43 Å². The van der Waals surface area contributed by atoms with Gasteiger partial charge in [-0.15, -0.1) is 0 Å². The summed E-state index contributed by atoms with van der Waals surface area (Å²) in [4.78, 5) is 8.50. The van der Waals surface area contributed by atoms with Gasteiger partial charge in [-0.1, -0.05) is 24.3 Å². The molecule has 0 aliphatic carbocycles. The molecule has 0 fully saturated rings. The summed E-state index contributed by atoms with van der Waals surface area (Å²) in [6.07, 6.45) is 5.39. The van der Waals surface area contributed by atoms with Crippen LogP contribution in [0.25, 0.3) is 0 Å². The Labute approximate surface area is 115 Å². The molecule has 19 heavy (non-hydrogen) atoms. The number of hydrogen-bond donors (Lipinski definition) is 0. The van der Waals surface area contributed by atoms with Crippen molar-refractivity contribution in [3.05, 3.63) is 59.9 Å². The van der Waals surface area contributed by atoms with Gasteiger partial charge in [-0.25, -0.2) is 0 Å². The van der Waals surface area contributed by atoms with Crippen LogP contribution in [0.5, 0.6) is 5.75 Å². The molecule has 0 N–H and O–H groups in total. The molecule has 0 amide bonds. The largest absolute Gasteiger partial charge is 0.542 e. The van der Waals surface area contributed by atoms with Crippen molar-refractivity contribution in [1.29, 1.82) is 0 Å². The first-order valence-electron chi connectivity index (χ1n) is 6.21. The summed E-state index contributed by atoms with van der Waals surface area (Å²) in [6.45, 7) is 4.88. The molecule has 1 heterocycles. The van der Waals surface area contributed by atoms with Gasteiger partial charge in [0.25, 0.3) is 9.04 Å². The van der Waals surface area contributed by atoms with E-state index in [1.807, 2.05) is 36.5 Å². The quantitative estimate of drug-likeness (QED) is 0.616. The van der Waals surface area contributed by atoms with Crippen molar-refractivity contribution in [3.63, 3.8) is 0 Å². The number of rotatable bonds is 5. The minimum atomic E-state index is -0.747. The van der Waals surface area contributed by atoms with Crippen LogP contribution in [-0.4, -0.2) is 20.2 Å². The highest BCUT2D eigenvalue weighted by Crippen LogP contribution is 2.19. The van der Waals surface area contributed by atoms with E-state index < -0.39 is 9.04 Å². The first-order chi connectivity index (χ1) is 9.25. The standard InChI is InChI=1S/C15H17N2OSi/c1-19(2)18-15-8-4-3-7-14(15)12-17-11-13-6-5-9-16-10-13/h3-11H,12H2,1-2H3. The molecule has 0 saturated heterocycles. The summed E-state index contributed by atoms with van der Waals surface area (Å²) in [5.41, 5.74) is 2.13. The van der Waals surface area contributed by atoms with E-state index in [4.69, 9.17) is 4.43 Å². The zero-order chi connectivity index (χ0) is 13.5. The molecule has 0 unspecified atom stereocenters. The van der Waals surface area contributed by atoms with E-state index in [9.17, 15) is 0 Å². The van der Waals surface area contributed by atoms with Gasteiger partial charge in [0.1, 0.15) is 5.75 Å². The average Bonchev–Trinajstić information content (AvgIpc) is 2.41. The summed E-state index contributed by atoms with van der Waals surface area (Å²) >= 11 is 0. The summed E-state index contributed by atoms with van der Waals surface area (Å²) in [5.74, 6) is 0.949. The normalized spacial score (nSPS) is 11.1. The lowest BCUT2D eigenvalue weighted by atomic mass is 10.2. The van der Waals surface area contributed by atoms with E-state index in [2.05, 4.69) is 29.1 Å². The van der Waals surface area contributed by atoms with Gasteiger partial charge in [-0.3, -0.25) is 9.98 Å². The van der Waals surface area contributed by atoms with Gasteiger partial charge in [0.2, 0.25) is 0 Å². The molecule has 3 nitrogen and oxygen atoms in total. The maximum Gasteiger partial charge on any atom is 0.274 e. The third kappa shape index (κ3) is 4.33. The van der Waals surface area contributed by atoms with Crippen LogP contribution in [0.2, 0.25) is 13.1 Å². The van der Waals surface area contributed by atoms with Crippen LogP contribution in [0, 0.1) is 0 Å². The monoisotopic (exact) mass is 269 g/mol. The predicted molar refractivity (Wildman–Crippen MR) is 80.1 cm³/mol. The fourth-order valence-corrected chi connectivity index (χ4v) is 2.29. The lowest BCUT2D eigenvalue weighted by Gasteiger charge is -2.11. The van der Waals surface area contributed by atoms with Crippen LogP contribution >= 0.6 is 0 Å². The SMILES string of the molecule is C[Si](C)Oc1ccccc1CN=Cc1cccnc1. The van der Waals surface area contributed by atoms with Gasteiger partial charge in [-0.05, 0) is 25.2 Å². The van der Waals surface area contributed by atoms with Crippen LogP contribution in [0.4, 0.5) is 0 Å². The van der Waals surface area contributed by atoms with Crippen molar-refractivity contribution in [2.75, 3.05) is 0 Å². The third-order valence-electron chi connectivity index (χ3n) is 2.47. The second kappa shape index (κ2) is 6.85. The third-order valence-corrected chi connectivity index (χ3v) is 3.10. The Hall–Kier alpha value is -1.94. The molecule has 1 radical (unpaired) electrons. The molecular formula is C15H17N2OSi. The Kier molecular flexibility index (Phi) is 4.86. The summed E-state index contributed by atoms with van der Waals surface area (Å²) in [5, 5.41) is 0. The Morgan fingerprint density at radius 2 is 2.05 bits per heavy atom. The Morgan fingerprint density at radius 3 is 2.79 bits per heavy atom. The second-order valence-corrected chi connectivity index (χ2v) is 6.39. The number of aromatic nitrogens is 1. The van der Waals surface area contributed by atoms with Gasteiger partial charge < -0.3 is 4.43 Å². The number of hydrogen-bond acceptors (Lipinski definition) is 3. The topological polar surface area (TPSA) is 34.5 Å². The Bertz CT molecular complexity index is 541. The molecule has 2 rings (SSSR count). The fourth-order valence-electron chi connectivity index (χ4n) is 1.66. The van der Waals surface area contributed by atoms with E-state index in [0.29, 0.717) is 6.54 Å². The first kappa shape index (κ1) is 13.5. The minimum Gasteiger partial charge on any atom is -0.542 e. The van der Waals surface area contributed by atoms with Crippen LogP contribution in [0.1, 0.15) is 11.1 Å². The van der Waals surface area contributed by atoms with Gasteiger partial charge >= 0.3 is 0 Å².